The van der Waals surface area contributed by atoms with E-state index in [9.17, 15) is 13.2 Å². The molecule has 1 aliphatic rings. The lowest BCUT2D eigenvalue weighted by Crippen LogP contribution is -2.17. The van der Waals surface area contributed by atoms with Crippen LogP contribution in [0.4, 0.5) is 13.2 Å². The van der Waals surface area contributed by atoms with Crippen LogP contribution >= 0.6 is 0 Å². The Morgan fingerprint density at radius 2 is 1.56 bits per heavy atom. The summed E-state index contributed by atoms with van der Waals surface area (Å²) in [4.78, 5) is 0. The van der Waals surface area contributed by atoms with E-state index in [-0.39, 0.29) is 0 Å². The maximum atomic E-state index is 12.3. The van der Waals surface area contributed by atoms with E-state index in [0.717, 1.165) is 18.6 Å². The average molecular weight is 232 g/mol. The van der Waals surface area contributed by atoms with Crippen molar-refractivity contribution in [2.45, 2.75) is 18.9 Å². The molecular weight excluding hydrogens is 221 g/mol. The van der Waals surface area contributed by atoms with Crippen LogP contribution in [0.5, 0.6) is 0 Å². The Kier molecular flexibility index (Phi) is 3.16. The molecule has 1 saturated heterocycles. The molecule has 2 nitrogen and oxygen atoms in total. The van der Waals surface area contributed by atoms with E-state index in [1.807, 2.05) is 0 Å². The van der Waals surface area contributed by atoms with Crippen LogP contribution in [-0.2, 0) is 15.7 Å². The summed E-state index contributed by atoms with van der Waals surface area (Å²) in [5.74, 6) is 0. The fraction of sp³-hybridized carbons (Fsp3) is 0.455. The summed E-state index contributed by atoms with van der Waals surface area (Å²) in [5, 5.41) is 0. The molecule has 88 valence electrons. The fourth-order valence-corrected chi connectivity index (χ4v) is 1.51. The lowest BCUT2D eigenvalue weighted by molar-refractivity contribution is -0.183. The Bertz CT molecular complexity index is 339. The predicted octanol–water partition coefficient (Wildman–Crippen LogP) is 3.14. The molecule has 1 heterocycles. The molecule has 16 heavy (non-hydrogen) atoms. The SMILES string of the molecule is FC(F)(F)c1ccc(C2OCCCO2)cc1. The molecule has 1 aliphatic heterocycles. The second-order valence-corrected chi connectivity index (χ2v) is 3.55. The number of rotatable bonds is 1. The maximum absolute atomic E-state index is 12.3. The first-order chi connectivity index (χ1) is 7.57. The smallest absolute Gasteiger partial charge is 0.348 e. The number of benzene rings is 1. The lowest BCUT2D eigenvalue weighted by atomic mass is 10.1. The van der Waals surface area contributed by atoms with Crippen LogP contribution in [0.2, 0.25) is 0 Å². The van der Waals surface area contributed by atoms with E-state index in [1.165, 1.54) is 12.1 Å². The summed E-state index contributed by atoms with van der Waals surface area (Å²) in [6.45, 7) is 1.15. The molecule has 1 aromatic carbocycles. The highest BCUT2D eigenvalue weighted by atomic mass is 19.4. The van der Waals surface area contributed by atoms with Gasteiger partial charge in [0.25, 0.3) is 0 Å². The Labute approximate surface area is 91.0 Å². The first kappa shape index (κ1) is 11.4. The van der Waals surface area contributed by atoms with Gasteiger partial charge in [0.15, 0.2) is 6.29 Å². The van der Waals surface area contributed by atoms with Gasteiger partial charge in [0, 0.05) is 5.56 Å². The Balaban J connectivity index is 2.12. The highest BCUT2D eigenvalue weighted by molar-refractivity contribution is 5.25. The molecule has 0 saturated carbocycles. The normalized spacial score (nSPS) is 18.7. The van der Waals surface area contributed by atoms with Gasteiger partial charge in [-0.25, -0.2) is 0 Å². The third kappa shape index (κ3) is 2.54. The van der Waals surface area contributed by atoms with E-state index in [0.29, 0.717) is 18.8 Å². The van der Waals surface area contributed by atoms with Crippen molar-refractivity contribution in [1.29, 1.82) is 0 Å². The van der Waals surface area contributed by atoms with Gasteiger partial charge in [0.1, 0.15) is 0 Å². The average Bonchev–Trinajstić information content (AvgIpc) is 2.29. The second kappa shape index (κ2) is 4.43. The molecule has 5 heteroatoms. The minimum atomic E-state index is -4.30. The van der Waals surface area contributed by atoms with Gasteiger partial charge >= 0.3 is 6.18 Å². The van der Waals surface area contributed by atoms with Gasteiger partial charge in [0.2, 0.25) is 0 Å². The molecule has 0 N–H and O–H groups in total. The molecular formula is C11H11F3O2. The van der Waals surface area contributed by atoms with Crippen molar-refractivity contribution in [3.8, 4) is 0 Å². The van der Waals surface area contributed by atoms with E-state index < -0.39 is 18.0 Å². The van der Waals surface area contributed by atoms with Crippen molar-refractivity contribution in [2.75, 3.05) is 13.2 Å². The number of hydrogen-bond donors (Lipinski definition) is 0. The molecule has 0 bridgehead atoms. The maximum Gasteiger partial charge on any atom is 0.416 e. The molecule has 0 aliphatic carbocycles. The van der Waals surface area contributed by atoms with E-state index in [1.54, 1.807) is 0 Å². The zero-order valence-electron chi connectivity index (χ0n) is 8.46. The van der Waals surface area contributed by atoms with Gasteiger partial charge in [-0.15, -0.1) is 0 Å². The van der Waals surface area contributed by atoms with Crippen molar-refractivity contribution >= 4 is 0 Å². The first-order valence-electron chi connectivity index (χ1n) is 4.98. The zero-order valence-corrected chi connectivity index (χ0v) is 8.46. The molecule has 0 unspecified atom stereocenters. The highest BCUT2D eigenvalue weighted by Gasteiger charge is 2.30. The van der Waals surface area contributed by atoms with Crippen molar-refractivity contribution in [2.24, 2.45) is 0 Å². The number of ether oxygens (including phenoxy) is 2. The predicted molar refractivity (Wildman–Crippen MR) is 50.7 cm³/mol. The van der Waals surface area contributed by atoms with E-state index >= 15 is 0 Å². The molecule has 1 fully saturated rings. The van der Waals surface area contributed by atoms with Crippen LogP contribution < -0.4 is 0 Å². The number of alkyl halides is 3. The van der Waals surface area contributed by atoms with Crippen LogP contribution in [0.1, 0.15) is 23.8 Å². The summed E-state index contributed by atoms with van der Waals surface area (Å²) in [6, 6.07) is 4.85. The quantitative estimate of drug-likeness (QED) is 0.740. The minimum absolute atomic E-state index is 0.531. The topological polar surface area (TPSA) is 18.5 Å². The highest BCUT2D eigenvalue weighted by Crippen LogP contribution is 2.31. The van der Waals surface area contributed by atoms with Crippen molar-refractivity contribution in [3.05, 3.63) is 35.4 Å². The summed E-state index contributed by atoms with van der Waals surface area (Å²) >= 11 is 0. The summed E-state index contributed by atoms with van der Waals surface area (Å²) < 4.78 is 47.5. The van der Waals surface area contributed by atoms with Crippen LogP contribution in [0, 0.1) is 0 Å². The van der Waals surface area contributed by atoms with Gasteiger partial charge in [-0.1, -0.05) is 12.1 Å². The third-order valence-corrected chi connectivity index (χ3v) is 2.34. The van der Waals surface area contributed by atoms with Crippen molar-refractivity contribution < 1.29 is 22.6 Å². The standard InChI is InChI=1S/C11H11F3O2/c12-11(13,14)9-4-2-8(3-5-9)10-15-6-1-7-16-10/h2-5,10H,1,6-7H2. The third-order valence-electron chi connectivity index (χ3n) is 2.34. The molecule has 1 aromatic rings. The largest absolute Gasteiger partial charge is 0.416 e. The van der Waals surface area contributed by atoms with Gasteiger partial charge in [0.05, 0.1) is 18.8 Å². The van der Waals surface area contributed by atoms with Crippen LogP contribution in [-0.4, -0.2) is 13.2 Å². The number of halogens is 3. The van der Waals surface area contributed by atoms with Gasteiger partial charge < -0.3 is 9.47 Å². The minimum Gasteiger partial charge on any atom is -0.348 e. The Hall–Kier alpha value is -1.07. The molecule has 0 spiro atoms. The zero-order chi connectivity index (χ0) is 11.6. The molecule has 0 aromatic heterocycles. The summed E-state index contributed by atoms with van der Waals surface area (Å²) in [5.41, 5.74) is -0.0419. The Morgan fingerprint density at radius 3 is 2.06 bits per heavy atom. The monoisotopic (exact) mass is 232 g/mol. The van der Waals surface area contributed by atoms with Crippen LogP contribution in [0.15, 0.2) is 24.3 Å². The molecule has 0 radical (unpaired) electrons. The van der Waals surface area contributed by atoms with Crippen LogP contribution in [0.3, 0.4) is 0 Å². The van der Waals surface area contributed by atoms with Gasteiger partial charge in [-0.2, -0.15) is 13.2 Å². The molecule has 0 atom stereocenters. The second-order valence-electron chi connectivity index (χ2n) is 3.55. The van der Waals surface area contributed by atoms with Crippen molar-refractivity contribution in [1.82, 2.24) is 0 Å². The lowest BCUT2D eigenvalue weighted by Gasteiger charge is -2.23. The van der Waals surface area contributed by atoms with E-state index in [4.69, 9.17) is 9.47 Å². The van der Waals surface area contributed by atoms with Gasteiger partial charge in [-0.3, -0.25) is 0 Å². The fourth-order valence-electron chi connectivity index (χ4n) is 1.51. The molecule has 0 amide bonds. The summed E-state index contributed by atoms with van der Waals surface area (Å²) in [6.07, 6.45) is -4.01. The Morgan fingerprint density at radius 1 is 1.00 bits per heavy atom. The molecule has 2 rings (SSSR count). The first-order valence-corrected chi connectivity index (χ1v) is 4.98. The number of hydrogen-bond acceptors (Lipinski definition) is 2. The summed E-state index contributed by atoms with van der Waals surface area (Å²) in [7, 11) is 0. The van der Waals surface area contributed by atoms with Crippen LogP contribution in [0.25, 0.3) is 0 Å². The van der Waals surface area contributed by atoms with Gasteiger partial charge in [-0.05, 0) is 18.6 Å². The van der Waals surface area contributed by atoms with Crippen molar-refractivity contribution in [3.63, 3.8) is 0 Å². The van der Waals surface area contributed by atoms with E-state index in [2.05, 4.69) is 0 Å².